The van der Waals surface area contributed by atoms with Gasteiger partial charge in [-0.15, -0.1) is 0 Å². The number of carbonyl (C=O) groups excluding carboxylic acids is 2. The summed E-state index contributed by atoms with van der Waals surface area (Å²) in [7, 11) is 1.53. The summed E-state index contributed by atoms with van der Waals surface area (Å²) in [5.41, 5.74) is 0.282. The minimum Gasteiger partial charge on any atom is -0.508 e. The highest BCUT2D eigenvalue weighted by molar-refractivity contribution is 6.31. The van der Waals surface area contributed by atoms with Crippen molar-refractivity contribution in [2.75, 3.05) is 18.5 Å². The number of benzene rings is 1. The summed E-state index contributed by atoms with van der Waals surface area (Å²) in [5.74, 6) is -0.424. The van der Waals surface area contributed by atoms with Gasteiger partial charge in [0, 0.05) is 18.1 Å². The molecule has 0 bridgehead atoms. The molecule has 0 unspecified atom stereocenters. The van der Waals surface area contributed by atoms with Crippen LogP contribution in [-0.2, 0) is 4.79 Å². The van der Waals surface area contributed by atoms with Gasteiger partial charge >= 0.3 is 6.03 Å². The molecule has 5 nitrogen and oxygen atoms in total. The lowest BCUT2D eigenvalue weighted by Crippen LogP contribution is -2.31. The number of phenols is 1. The first-order valence-corrected chi connectivity index (χ1v) is 4.94. The van der Waals surface area contributed by atoms with Crippen molar-refractivity contribution in [2.24, 2.45) is 0 Å². The van der Waals surface area contributed by atoms with Gasteiger partial charge in [-0.1, -0.05) is 11.6 Å². The minimum atomic E-state index is -0.424. The molecule has 2 rings (SSSR count). The van der Waals surface area contributed by atoms with Crippen molar-refractivity contribution in [2.45, 2.75) is 0 Å². The largest absolute Gasteiger partial charge is 0.508 e. The van der Waals surface area contributed by atoms with E-state index in [4.69, 9.17) is 11.6 Å². The molecule has 0 spiro atoms. The molecule has 1 heterocycles. The van der Waals surface area contributed by atoms with Gasteiger partial charge in [-0.25, -0.2) is 9.69 Å². The molecule has 1 aliphatic heterocycles. The van der Waals surface area contributed by atoms with Crippen LogP contribution in [0, 0.1) is 0 Å². The molecular formula is C10H9ClN2O3. The third-order valence-corrected chi connectivity index (χ3v) is 2.48. The Kier molecular flexibility index (Phi) is 2.47. The number of anilines is 1. The van der Waals surface area contributed by atoms with Gasteiger partial charge in [0.25, 0.3) is 5.91 Å². The van der Waals surface area contributed by atoms with E-state index < -0.39 is 6.03 Å². The summed E-state index contributed by atoms with van der Waals surface area (Å²) in [6, 6.07) is 3.68. The van der Waals surface area contributed by atoms with Gasteiger partial charge in [0.05, 0.1) is 5.69 Å². The van der Waals surface area contributed by atoms with Gasteiger partial charge < -0.3 is 10.0 Å². The fraction of sp³-hybridized carbons (Fsp3) is 0.200. The highest BCUT2D eigenvalue weighted by atomic mass is 35.5. The number of hydrogen-bond donors (Lipinski definition) is 1. The van der Waals surface area contributed by atoms with Crippen LogP contribution in [0.4, 0.5) is 10.5 Å². The van der Waals surface area contributed by atoms with Crippen molar-refractivity contribution in [1.29, 1.82) is 0 Å². The highest BCUT2D eigenvalue weighted by Crippen LogP contribution is 2.28. The normalized spacial score (nSPS) is 16.1. The van der Waals surface area contributed by atoms with E-state index in [9.17, 15) is 14.7 Å². The lowest BCUT2D eigenvalue weighted by atomic mass is 10.3. The lowest BCUT2D eigenvalue weighted by molar-refractivity contribution is -0.116. The lowest BCUT2D eigenvalue weighted by Gasteiger charge is -2.14. The Balaban J connectivity index is 2.44. The number of hydrogen-bond acceptors (Lipinski definition) is 3. The van der Waals surface area contributed by atoms with Gasteiger partial charge in [0.2, 0.25) is 0 Å². The zero-order valence-corrected chi connectivity index (χ0v) is 9.23. The van der Waals surface area contributed by atoms with Crippen LogP contribution in [0.3, 0.4) is 0 Å². The van der Waals surface area contributed by atoms with Crippen molar-refractivity contribution in [1.82, 2.24) is 4.90 Å². The van der Waals surface area contributed by atoms with Gasteiger partial charge in [-0.3, -0.25) is 4.79 Å². The molecule has 1 aliphatic rings. The second-order valence-electron chi connectivity index (χ2n) is 3.54. The predicted octanol–water partition coefficient (Wildman–Crippen LogP) is 1.44. The molecule has 0 radical (unpaired) electrons. The van der Waals surface area contributed by atoms with Crippen LogP contribution in [0.25, 0.3) is 0 Å². The number of likely N-dealkylation sites (N-methyl/N-ethyl adjacent to an activating group) is 1. The van der Waals surface area contributed by atoms with Gasteiger partial charge in [0.1, 0.15) is 12.3 Å². The number of phenolic OH excluding ortho intramolecular Hbond substituents is 1. The smallest absolute Gasteiger partial charge is 0.331 e. The van der Waals surface area contributed by atoms with Gasteiger partial charge in [0.15, 0.2) is 0 Å². The number of carbonyl (C=O) groups is 2. The highest BCUT2D eigenvalue weighted by Gasteiger charge is 2.35. The van der Waals surface area contributed by atoms with Crippen LogP contribution >= 0.6 is 11.6 Å². The quantitative estimate of drug-likeness (QED) is 0.756. The molecule has 1 aromatic carbocycles. The number of halogens is 1. The second-order valence-corrected chi connectivity index (χ2v) is 3.97. The Hall–Kier alpha value is -1.75. The number of urea groups is 1. The molecule has 3 amide bonds. The van der Waals surface area contributed by atoms with E-state index in [1.54, 1.807) is 0 Å². The Morgan fingerprint density at radius 2 is 2.00 bits per heavy atom. The molecular weight excluding hydrogens is 232 g/mol. The predicted molar refractivity (Wildman–Crippen MR) is 58.6 cm³/mol. The summed E-state index contributed by atoms with van der Waals surface area (Å²) < 4.78 is 0. The first-order valence-electron chi connectivity index (χ1n) is 4.56. The molecule has 1 saturated heterocycles. The van der Waals surface area contributed by atoms with E-state index in [2.05, 4.69) is 0 Å². The van der Waals surface area contributed by atoms with E-state index >= 15 is 0 Å². The molecule has 84 valence electrons. The Bertz CT molecular complexity index is 455. The van der Waals surface area contributed by atoms with Crippen molar-refractivity contribution >= 4 is 29.2 Å². The average Bonchev–Trinajstić information content (AvgIpc) is 2.39. The number of amides is 3. The Labute approximate surface area is 96.8 Å². The van der Waals surface area contributed by atoms with Crippen LogP contribution in [0.5, 0.6) is 5.75 Å². The number of aromatic hydroxyl groups is 1. The fourth-order valence-corrected chi connectivity index (χ4v) is 1.78. The first-order chi connectivity index (χ1) is 7.49. The van der Waals surface area contributed by atoms with Crippen molar-refractivity contribution in [3.05, 3.63) is 23.2 Å². The maximum absolute atomic E-state index is 11.6. The first kappa shape index (κ1) is 10.8. The Morgan fingerprint density at radius 1 is 1.31 bits per heavy atom. The molecule has 1 fully saturated rings. The van der Waals surface area contributed by atoms with Gasteiger partial charge in [-0.05, 0) is 12.1 Å². The maximum atomic E-state index is 11.6. The number of imide groups is 1. The zero-order chi connectivity index (χ0) is 11.9. The molecule has 16 heavy (non-hydrogen) atoms. The third-order valence-electron chi connectivity index (χ3n) is 2.27. The summed E-state index contributed by atoms with van der Waals surface area (Å²) in [6.07, 6.45) is 0. The molecule has 0 aliphatic carbocycles. The van der Waals surface area contributed by atoms with Crippen molar-refractivity contribution in [3.8, 4) is 5.75 Å². The minimum absolute atomic E-state index is 0.0338. The zero-order valence-electron chi connectivity index (χ0n) is 8.48. The Morgan fingerprint density at radius 3 is 2.50 bits per heavy atom. The fourth-order valence-electron chi connectivity index (χ4n) is 1.56. The maximum Gasteiger partial charge on any atom is 0.331 e. The van der Waals surface area contributed by atoms with Crippen LogP contribution in [0.2, 0.25) is 5.02 Å². The average molecular weight is 241 g/mol. The molecule has 1 N–H and O–H groups in total. The topological polar surface area (TPSA) is 60.9 Å². The summed E-state index contributed by atoms with van der Waals surface area (Å²) in [6.45, 7) is 0.0338. The van der Waals surface area contributed by atoms with E-state index in [-0.39, 0.29) is 28.9 Å². The number of rotatable bonds is 1. The molecule has 0 saturated carbocycles. The van der Waals surface area contributed by atoms with Crippen LogP contribution in [0.1, 0.15) is 0 Å². The molecule has 6 heteroatoms. The van der Waals surface area contributed by atoms with Crippen LogP contribution < -0.4 is 4.90 Å². The van der Waals surface area contributed by atoms with E-state index in [1.807, 2.05) is 0 Å². The van der Waals surface area contributed by atoms with Gasteiger partial charge in [-0.2, -0.15) is 0 Å². The molecule has 0 aromatic heterocycles. The van der Waals surface area contributed by atoms with E-state index in [0.29, 0.717) is 0 Å². The van der Waals surface area contributed by atoms with Crippen LogP contribution in [0.15, 0.2) is 18.2 Å². The standard InChI is InChI=1S/C10H9ClN2O3/c1-12-5-9(15)13(10(12)16)7-2-6(11)3-8(14)4-7/h2-4,14H,5H2,1H3. The SMILES string of the molecule is CN1CC(=O)N(c2cc(O)cc(Cl)c2)C1=O. The monoisotopic (exact) mass is 240 g/mol. The summed E-state index contributed by atoms with van der Waals surface area (Å²) >= 11 is 5.74. The molecule has 0 atom stereocenters. The van der Waals surface area contributed by atoms with E-state index in [1.165, 1.54) is 30.1 Å². The van der Waals surface area contributed by atoms with Crippen LogP contribution in [-0.4, -0.2) is 35.5 Å². The van der Waals surface area contributed by atoms with Crippen molar-refractivity contribution < 1.29 is 14.7 Å². The summed E-state index contributed by atoms with van der Waals surface area (Å²) in [5, 5.41) is 9.61. The summed E-state index contributed by atoms with van der Waals surface area (Å²) in [4.78, 5) is 25.5. The van der Waals surface area contributed by atoms with E-state index in [0.717, 1.165) is 4.90 Å². The second kappa shape index (κ2) is 3.68. The van der Waals surface area contributed by atoms with Crippen molar-refractivity contribution in [3.63, 3.8) is 0 Å². The third kappa shape index (κ3) is 1.69. The molecule has 1 aromatic rings. The number of nitrogens with zero attached hydrogens (tertiary/aromatic N) is 2.